The van der Waals surface area contributed by atoms with E-state index in [0.29, 0.717) is 17.8 Å². The van der Waals surface area contributed by atoms with Crippen LogP contribution < -0.4 is 11.1 Å². The molecule has 1 heterocycles. The Kier molecular flexibility index (Phi) is 3.88. The van der Waals surface area contributed by atoms with Gasteiger partial charge in [0.1, 0.15) is 0 Å². The first-order chi connectivity index (χ1) is 7.40. The molecule has 0 aliphatic heterocycles. The normalized spacial score (nSPS) is 11.2. The van der Waals surface area contributed by atoms with Crippen molar-refractivity contribution in [3.63, 3.8) is 0 Å². The lowest BCUT2D eigenvalue weighted by Crippen LogP contribution is -2.28. The second kappa shape index (κ2) is 4.96. The van der Waals surface area contributed by atoms with Crippen molar-refractivity contribution in [2.24, 2.45) is 5.41 Å². The summed E-state index contributed by atoms with van der Waals surface area (Å²) in [6, 6.07) is 1.62. The standard InChI is InChI=1S/C12H19N3O/c1-12(2,3)5-7-15-11(16)9-8-14-6-4-10(9)13/h4,6,8H,5,7H2,1-3H3,(H2,13,14)(H,15,16). The van der Waals surface area contributed by atoms with Crippen LogP contribution >= 0.6 is 0 Å². The molecule has 88 valence electrons. The highest BCUT2D eigenvalue weighted by atomic mass is 16.1. The fourth-order valence-electron chi connectivity index (χ4n) is 1.24. The number of nitrogens with two attached hydrogens (primary N) is 1. The Labute approximate surface area is 96.3 Å². The lowest BCUT2D eigenvalue weighted by atomic mass is 9.92. The predicted octanol–water partition coefficient (Wildman–Crippen LogP) is 1.83. The summed E-state index contributed by atoms with van der Waals surface area (Å²) >= 11 is 0. The van der Waals surface area contributed by atoms with Crippen molar-refractivity contribution in [1.29, 1.82) is 0 Å². The molecule has 1 amide bonds. The van der Waals surface area contributed by atoms with Gasteiger partial charge in [-0.15, -0.1) is 0 Å². The van der Waals surface area contributed by atoms with Crippen molar-refractivity contribution in [3.05, 3.63) is 24.0 Å². The summed E-state index contributed by atoms with van der Waals surface area (Å²) in [7, 11) is 0. The monoisotopic (exact) mass is 221 g/mol. The molecule has 3 N–H and O–H groups in total. The van der Waals surface area contributed by atoms with Crippen molar-refractivity contribution >= 4 is 11.6 Å². The molecule has 0 unspecified atom stereocenters. The molecule has 0 saturated heterocycles. The maximum absolute atomic E-state index is 11.7. The lowest BCUT2D eigenvalue weighted by Gasteiger charge is -2.18. The van der Waals surface area contributed by atoms with E-state index in [0.717, 1.165) is 6.42 Å². The van der Waals surface area contributed by atoms with Gasteiger partial charge in [0.05, 0.1) is 5.56 Å². The molecular weight excluding hydrogens is 202 g/mol. The average Bonchev–Trinajstić information content (AvgIpc) is 2.16. The minimum atomic E-state index is -0.158. The number of hydrogen-bond acceptors (Lipinski definition) is 3. The van der Waals surface area contributed by atoms with E-state index < -0.39 is 0 Å². The zero-order chi connectivity index (χ0) is 12.2. The second-order valence-electron chi connectivity index (χ2n) is 5.03. The van der Waals surface area contributed by atoms with Crippen molar-refractivity contribution in [2.75, 3.05) is 12.3 Å². The van der Waals surface area contributed by atoms with Gasteiger partial charge in [-0.2, -0.15) is 0 Å². The van der Waals surface area contributed by atoms with E-state index in [2.05, 4.69) is 31.1 Å². The molecular formula is C12H19N3O. The SMILES string of the molecule is CC(C)(C)CCNC(=O)c1cnccc1N. The van der Waals surface area contributed by atoms with E-state index >= 15 is 0 Å². The van der Waals surface area contributed by atoms with E-state index in [4.69, 9.17) is 5.73 Å². The lowest BCUT2D eigenvalue weighted by molar-refractivity contribution is 0.0950. The Hall–Kier alpha value is -1.58. The van der Waals surface area contributed by atoms with Gasteiger partial charge in [-0.3, -0.25) is 9.78 Å². The fourth-order valence-corrected chi connectivity index (χ4v) is 1.24. The third kappa shape index (κ3) is 3.88. The average molecular weight is 221 g/mol. The van der Waals surface area contributed by atoms with Crippen LogP contribution in [-0.4, -0.2) is 17.4 Å². The van der Waals surface area contributed by atoms with E-state index in [-0.39, 0.29) is 11.3 Å². The van der Waals surface area contributed by atoms with Crippen LogP contribution in [0.3, 0.4) is 0 Å². The van der Waals surface area contributed by atoms with Crippen LogP contribution in [0, 0.1) is 5.41 Å². The number of anilines is 1. The zero-order valence-electron chi connectivity index (χ0n) is 10.1. The first-order valence-corrected chi connectivity index (χ1v) is 5.38. The molecule has 1 aromatic rings. The first-order valence-electron chi connectivity index (χ1n) is 5.38. The van der Waals surface area contributed by atoms with E-state index in [9.17, 15) is 4.79 Å². The summed E-state index contributed by atoms with van der Waals surface area (Å²) in [5, 5.41) is 2.84. The van der Waals surface area contributed by atoms with Crippen LogP contribution in [0.15, 0.2) is 18.5 Å². The molecule has 1 aromatic heterocycles. The number of amides is 1. The number of nitrogens with one attached hydrogen (secondary N) is 1. The summed E-state index contributed by atoms with van der Waals surface area (Å²) in [5.74, 6) is -0.158. The minimum Gasteiger partial charge on any atom is -0.398 e. The van der Waals surface area contributed by atoms with Gasteiger partial charge in [0.2, 0.25) is 0 Å². The van der Waals surface area contributed by atoms with Crippen LogP contribution in [-0.2, 0) is 0 Å². The first kappa shape index (κ1) is 12.5. The van der Waals surface area contributed by atoms with Gasteiger partial charge in [-0.25, -0.2) is 0 Å². The van der Waals surface area contributed by atoms with Gasteiger partial charge >= 0.3 is 0 Å². The largest absolute Gasteiger partial charge is 0.398 e. The highest BCUT2D eigenvalue weighted by Gasteiger charge is 2.12. The summed E-state index contributed by atoms with van der Waals surface area (Å²) in [6.07, 6.45) is 3.99. The zero-order valence-corrected chi connectivity index (χ0v) is 10.1. The topological polar surface area (TPSA) is 68.0 Å². The van der Waals surface area contributed by atoms with Gasteiger partial charge in [-0.1, -0.05) is 20.8 Å². The van der Waals surface area contributed by atoms with Gasteiger partial charge in [0.25, 0.3) is 5.91 Å². The van der Waals surface area contributed by atoms with Gasteiger partial charge in [0.15, 0.2) is 0 Å². The molecule has 0 aliphatic carbocycles. The van der Waals surface area contributed by atoms with Crippen molar-refractivity contribution < 1.29 is 4.79 Å². The van der Waals surface area contributed by atoms with Crippen LogP contribution in [0.25, 0.3) is 0 Å². The molecule has 0 spiro atoms. The molecule has 0 saturated carbocycles. The van der Waals surface area contributed by atoms with Crippen LogP contribution in [0.4, 0.5) is 5.69 Å². The highest BCUT2D eigenvalue weighted by molar-refractivity contribution is 5.98. The molecule has 1 rings (SSSR count). The van der Waals surface area contributed by atoms with E-state index in [1.165, 1.54) is 6.20 Å². The van der Waals surface area contributed by atoms with Crippen molar-refractivity contribution in [3.8, 4) is 0 Å². The maximum atomic E-state index is 11.7. The summed E-state index contributed by atoms with van der Waals surface area (Å²) in [6.45, 7) is 7.06. The quantitative estimate of drug-likeness (QED) is 0.818. The smallest absolute Gasteiger partial charge is 0.254 e. The maximum Gasteiger partial charge on any atom is 0.254 e. The Morgan fingerprint density at radius 1 is 1.50 bits per heavy atom. The predicted molar refractivity (Wildman–Crippen MR) is 65.1 cm³/mol. The molecule has 4 heteroatoms. The number of nitrogen functional groups attached to an aromatic ring is 1. The Balaban J connectivity index is 2.51. The number of nitrogens with zero attached hydrogens (tertiary/aromatic N) is 1. The van der Waals surface area contributed by atoms with E-state index in [1.54, 1.807) is 12.3 Å². The third-order valence-electron chi connectivity index (χ3n) is 2.26. The Bertz CT molecular complexity index is 369. The molecule has 0 radical (unpaired) electrons. The van der Waals surface area contributed by atoms with Crippen molar-refractivity contribution in [2.45, 2.75) is 27.2 Å². The molecule has 0 atom stereocenters. The number of carbonyl (C=O) groups is 1. The molecule has 0 aromatic carbocycles. The summed E-state index contributed by atoms with van der Waals surface area (Å²) < 4.78 is 0. The molecule has 0 aliphatic rings. The van der Waals surface area contributed by atoms with Crippen molar-refractivity contribution in [1.82, 2.24) is 10.3 Å². The molecule has 16 heavy (non-hydrogen) atoms. The summed E-state index contributed by atoms with van der Waals surface area (Å²) in [4.78, 5) is 15.6. The molecule has 0 fully saturated rings. The number of hydrogen-bond donors (Lipinski definition) is 2. The number of carbonyl (C=O) groups excluding carboxylic acids is 1. The molecule has 0 bridgehead atoms. The molecule has 4 nitrogen and oxygen atoms in total. The van der Waals surface area contributed by atoms with Gasteiger partial charge < -0.3 is 11.1 Å². The fraction of sp³-hybridized carbons (Fsp3) is 0.500. The van der Waals surface area contributed by atoms with Crippen LogP contribution in [0.1, 0.15) is 37.6 Å². The van der Waals surface area contributed by atoms with Crippen LogP contribution in [0.2, 0.25) is 0 Å². The van der Waals surface area contributed by atoms with E-state index in [1.807, 2.05) is 0 Å². The number of rotatable bonds is 3. The summed E-state index contributed by atoms with van der Waals surface area (Å²) in [5.41, 5.74) is 6.80. The van der Waals surface area contributed by atoms with Crippen LogP contribution in [0.5, 0.6) is 0 Å². The third-order valence-corrected chi connectivity index (χ3v) is 2.26. The number of pyridine rings is 1. The minimum absolute atomic E-state index is 0.158. The van der Waals surface area contributed by atoms with Gasteiger partial charge in [0, 0.05) is 24.6 Å². The Morgan fingerprint density at radius 3 is 2.75 bits per heavy atom. The number of aromatic nitrogens is 1. The highest BCUT2D eigenvalue weighted by Crippen LogP contribution is 2.17. The van der Waals surface area contributed by atoms with Gasteiger partial charge in [-0.05, 0) is 17.9 Å². The second-order valence-corrected chi connectivity index (χ2v) is 5.03. The Morgan fingerprint density at radius 2 is 2.19 bits per heavy atom.